The first-order valence-corrected chi connectivity index (χ1v) is 6.82. The van der Waals surface area contributed by atoms with Crippen molar-refractivity contribution in [2.24, 2.45) is 5.92 Å². The number of aliphatic hydroxyl groups excluding tert-OH is 1. The van der Waals surface area contributed by atoms with Gasteiger partial charge in [-0.25, -0.2) is 9.78 Å². The number of rotatable bonds is 5. The van der Waals surface area contributed by atoms with Gasteiger partial charge < -0.3 is 20.5 Å². The van der Waals surface area contributed by atoms with Crippen LogP contribution in [0.4, 0.5) is 0 Å². The number of aliphatic hydroxyl groups is 1. The maximum Gasteiger partial charge on any atom is 0.354 e. The molecule has 0 unspecified atom stereocenters. The van der Waals surface area contributed by atoms with Crippen molar-refractivity contribution >= 4 is 11.9 Å². The molecule has 0 aromatic carbocycles. The summed E-state index contributed by atoms with van der Waals surface area (Å²) in [5.41, 5.74) is -0.380. The van der Waals surface area contributed by atoms with E-state index in [2.05, 4.69) is 15.3 Å². The first kappa shape index (κ1) is 14.5. The molecule has 1 aromatic heterocycles. The van der Waals surface area contributed by atoms with Crippen molar-refractivity contribution in [1.29, 1.82) is 0 Å². The molecular weight excluding hydrogens is 262 g/mol. The predicted octanol–water partition coefficient (Wildman–Crippen LogP) is 0.779. The van der Waals surface area contributed by atoms with Crippen LogP contribution in [0.15, 0.2) is 6.33 Å². The molecule has 1 fully saturated rings. The van der Waals surface area contributed by atoms with E-state index in [4.69, 9.17) is 5.11 Å². The fraction of sp³-hybridized carbons (Fsp3) is 0.615. The third-order valence-electron chi connectivity index (χ3n) is 3.80. The van der Waals surface area contributed by atoms with Crippen LogP contribution in [-0.2, 0) is 0 Å². The summed E-state index contributed by atoms with van der Waals surface area (Å²) in [4.78, 5) is 29.2. The smallest absolute Gasteiger partial charge is 0.354 e. The standard InChI is InChI=1S/C13H19N3O4/c17-6-9(8-4-2-1-3-5-8)16-12(18)10-11(13(19)20)15-7-14-10/h7-9,17H,1-6H2,(H,14,15)(H,16,18)(H,19,20)/t9-/m1/s1. The van der Waals surface area contributed by atoms with Crippen LogP contribution in [0.1, 0.15) is 53.1 Å². The number of hydrogen-bond donors (Lipinski definition) is 4. The highest BCUT2D eigenvalue weighted by Crippen LogP contribution is 2.26. The molecule has 7 nitrogen and oxygen atoms in total. The molecule has 4 N–H and O–H groups in total. The van der Waals surface area contributed by atoms with E-state index in [1.807, 2.05) is 0 Å². The number of carbonyl (C=O) groups excluding carboxylic acids is 1. The van der Waals surface area contributed by atoms with Gasteiger partial charge in [-0.2, -0.15) is 0 Å². The minimum Gasteiger partial charge on any atom is -0.477 e. The molecule has 20 heavy (non-hydrogen) atoms. The summed E-state index contributed by atoms with van der Waals surface area (Å²) < 4.78 is 0. The molecule has 0 aliphatic heterocycles. The monoisotopic (exact) mass is 281 g/mol. The van der Waals surface area contributed by atoms with Crippen LogP contribution in [0.3, 0.4) is 0 Å². The number of amides is 1. The molecule has 1 aliphatic carbocycles. The van der Waals surface area contributed by atoms with Crippen LogP contribution in [0.2, 0.25) is 0 Å². The quantitative estimate of drug-likeness (QED) is 0.636. The zero-order chi connectivity index (χ0) is 14.5. The first-order valence-electron chi connectivity index (χ1n) is 6.82. The Kier molecular flexibility index (Phi) is 4.73. The molecule has 0 radical (unpaired) electrons. The maximum absolute atomic E-state index is 12.1. The minimum atomic E-state index is -1.23. The van der Waals surface area contributed by atoms with Crippen LogP contribution in [0.5, 0.6) is 0 Å². The van der Waals surface area contributed by atoms with Crippen molar-refractivity contribution in [3.63, 3.8) is 0 Å². The van der Waals surface area contributed by atoms with E-state index in [9.17, 15) is 14.7 Å². The second kappa shape index (κ2) is 6.51. The summed E-state index contributed by atoms with van der Waals surface area (Å²) in [6.45, 7) is -0.150. The average Bonchev–Trinajstić information content (AvgIpc) is 2.95. The molecule has 1 saturated carbocycles. The average molecular weight is 281 g/mol. The second-order valence-electron chi connectivity index (χ2n) is 5.09. The third-order valence-corrected chi connectivity index (χ3v) is 3.80. The van der Waals surface area contributed by atoms with Crippen molar-refractivity contribution in [2.45, 2.75) is 38.1 Å². The van der Waals surface area contributed by atoms with Gasteiger partial charge in [0.2, 0.25) is 0 Å². The highest BCUT2D eigenvalue weighted by Gasteiger charge is 2.27. The van der Waals surface area contributed by atoms with Crippen LogP contribution in [-0.4, -0.2) is 44.7 Å². The van der Waals surface area contributed by atoms with Crippen molar-refractivity contribution < 1.29 is 19.8 Å². The molecule has 110 valence electrons. The number of carboxylic acids is 1. The van der Waals surface area contributed by atoms with Crippen LogP contribution >= 0.6 is 0 Å². The lowest BCUT2D eigenvalue weighted by Gasteiger charge is -2.29. The first-order chi connectivity index (χ1) is 9.63. The van der Waals surface area contributed by atoms with E-state index in [-0.39, 0.29) is 30.0 Å². The third kappa shape index (κ3) is 3.16. The summed E-state index contributed by atoms with van der Waals surface area (Å²) >= 11 is 0. The van der Waals surface area contributed by atoms with Gasteiger partial charge in [0.15, 0.2) is 11.4 Å². The van der Waals surface area contributed by atoms with Crippen LogP contribution < -0.4 is 5.32 Å². The van der Waals surface area contributed by atoms with Gasteiger partial charge in [0, 0.05) is 0 Å². The molecule has 2 rings (SSSR count). The zero-order valence-electron chi connectivity index (χ0n) is 11.1. The SMILES string of the molecule is O=C(N[C@H](CO)C1CCCCC1)c1nc[nH]c1C(=O)O. The summed E-state index contributed by atoms with van der Waals surface area (Å²) in [5, 5.41) is 21.1. The van der Waals surface area contributed by atoms with Gasteiger partial charge in [0.1, 0.15) is 0 Å². The van der Waals surface area contributed by atoms with Crippen molar-refractivity contribution in [3.8, 4) is 0 Å². The van der Waals surface area contributed by atoms with Gasteiger partial charge in [-0.3, -0.25) is 4.79 Å². The largest absolute Gasteiger partial charge is 0.477 e. The molecular formula is C13H19N3O4. The number of nitrogens with zero attached hydrogens (tertiary/aromatic N) is 1. The Bertz CT molecular complexity index is 480. The number of carboxylic acid groups (broad SMARTS) is 1. The number of imidazole rings is 1. The maximum atomic E-state index is 12.1. The predicted molar refractivity (Wildman–Crippen MR) is 70.5 cm³/mol. The number of H-pyrrole nitrogens is 1. The number of aromatic amines is 1. The lowest BCUT2D eigenvalue weighted by Crippen LogP contribution is -2.44. The molecule has 7 heteroatoms. The number of nitrogens with one attached hydrogen (secondary N) is 2. The minimum absolute atomic E-state index is 0.147. The Morgan fingerprint density at radius 2 is 2.10 bits per heavy atom. The fourth-order valence-electron chi connectivity index (χ4n) is 2.72. The van der Waals surface area contributed by atoms with Gasteiger partial charge >= 0.3 is 5.97 Å². The summed E-state index contributed by atoms with van der Waals surface area (Å²) in [5.74, 6) is -1.55. The lowest BCUT2D eigenvalue weighted by molar-refractivity contribution is 0.0682. The fourth-order valence-corrected chi connectivity index (χ4v) is 2.72. The molecule has 1 amide bonds. The zero-order valence-corrected chi connectivity index (χ0v) is 11.1. The molecule has 0 spiro atoms. The van der Waals surface area contributed by atoms with Crippen molar-refractivity contribution in [1.82, 2.24) is 15.3 Å². The van der Waals surface area contributed by atoms with E-state index in [0.29, 0.717) is 0 Å². The number of aromatic carboxylic acids is 1. The Balaban J connectivity index is 2.04. The highest BCUT2D eigenvalue weighted by atomic mass is 16.4. The van der Waals surface area contributed by atoms with Gasteiger partial charge in [-0.1, -0.05) is 19.3 Å². The van der Waals surface area contributed by atoms with E-state index >= 15 is 0 Å². The highest BCUT2D eigenvalue weighted by molar-refractivity contribution is 6.02. The van der Waals surface area contributed by atoms with Crippen LogP contribution in [0.25, 0.3) is 0 Å². The Morgan fingerprint density at radius 1 is 1.40 bits per heavy atom. The van der Waals surface area contributed by atoms with E-state index in [0.717, 1.165) is 25.7 Å². The van der Waals surface area contributed by atoms with E-state index in [1.165, 1.54) is 12.7 Å². The van der Waals surface area contributed by atoms with Crippen molar-refractivity contribution in [3.05, 3.63) is 17.7 Å². The van der Waals surface area contributed by atoms with Gasteiger partial charge in [-0.05, 0) is 18.8 Å². The number of aromatic nitrogens is 2. The van der Waals surface area contributed by atoms with Crippen molar-refractivity contribution in [2.75, 3.05) is 6.61 Å². The Labute approximate surface area is 116 Å². The molecule has 1 aromatic rings. The lowest BCUT2D eigenvalue weighted by atomic mass is 9.84. The second-order valence-corrected chi connectivity index (χ2v) is 5.09. The topological polar surface area (TPSA) is 115 Å². The van der Waals surface area contributed by atoms with Gasteiger partial charge in [0.25, 0.3) is 5.91 Å². The van der Waals surface area contributed by atoms with Gasteiger partial charge in [-0.15, -0.1) is 0 Å². The summed E-state index contributed by atoms with van der Waals surface area (Å²) in [6.07, 6.45) is 6.49. The summed E-state index contributed by atoms with van der Waals surface area (Å²) in [6, 6.07) is -0.346. The molecule has 0 saturated heterocycles. The molecule has 1 atom stereocenters. The molecule has 1 aliphatic rings. The van der Waals surface area contributed by atoms with Gasteiger partial charge in [0.05, 0.1) is 19.0 Å². The molecule has 1 heterocycles. The number of hydrogen-bond acceptors (Lipinski definition) is 4. The normalized spacial score (nSPS) is 17.6. The van der Waals surface area contributed by atoms with Crippen LogP contribution in [0, 0.1) is 5.92 Å². The molecule has 0 bridgehead atoms. The number of carbonyl (C=O) groups is 2. The Hall–Kier alpha value is -1.89. The van der Waals surface area contributed by atoms with E-state index < -0.39 is 11.9 Å². The van der Waals surface area contributed by atoms with E-state index in [1.54, 1.807) is 0 Å². The Morgan fingerprint density at radius 3 is 2.70 bits per heavy atom. The summed E-state index contributed by atoms with van der Waals surface area (Å²) in [7, 11) is 0.